The molecular weight excluding hydrogens is 266 g/mol. The van der Waals surface area contributed by atoms with Crippen molar-refractivity contribution in [1.29, 1.82) is 0 Å². The highest BCUT2D eigenvalue weighted by molar-refractivity contribution is 5.87. The van der Waals surface area contributed by atoms with Crippen molar-refractivity contribution in [2.75, 3.05) is 11.4 Å². The zero-order valence-electron chi connectivity index (χ0n) is 11.8. The molecule has 0 saturated carbocycles. The van der Waals surface area contributed by atoms with Crippen molar-refractivity contribution in [3.8, 4) is 5.75 Å². The molecule has 0 radical (unpaired) electrons. The fourth-order valence-electron chi connectivity index (χ4n) is 2.60. The largest absolute Gasteiger partial charge is 0.487 e. The Labute approximate surface area is 123 Å². The average Bonchev–Trinajstić information content (AvgIpc) is 2.47. The highest BCUT2D eigenvalue weighted by atomic mass is 16.5. The quantitative estimate of drug-likeness (QED) is 0.940. The van der Waals surface area contributed by atoms with E-state index < -0.39 is 5.97 Å². The molecule has 2 aromatic carbocycles. The van der Waals surface area contributed by atoms with Crippen LogP contribution in [0.2, 0.25) is 0 Å². The van der Waals surface area contributed by atoms with Crippen LogP contribution in [0.1, 0.15) is 22.8 Å². The van der Waals surface area contributed by atoms with Crippen molar-refractivity contribution in [2.24, 2.45) is 0 Å². The third-order valence-corrected chi connectivity index (χ3v) is 3.59. The number of fused-ring (bicyclic) bond motifs is 1. The van der Waals surface area contributed by atoms with Crippen LogP contribution in [0, 0.1) is 0 Å². The number of benzene rings is 2. The molecule has 3 rings (SSSR count). The molecule has 108 valence electrons. The predicted molar refractivity (Wildman–Crippen MR) is 81.0 cm³/mol. The summed E-state index contributed by atoms with van der Waals surface area (Å²) in [6.45, 7) is 3.61. The van der Waals surface area contributed by atoms with Gasteiger partial charge in [0.05, 0.1) is 17.8 Å². The summed E-state index contributed by atoms with van der Waals surface area (Å²) in [5.41, 5.74) is 2.48. The first kappa shape index (κ1) is 13.5. The first-order valence-corrected chi connectivity index (χ1v) is 6.96. The van der Waals surface area contributed by atoms with Crippen molar-refractivity contribution in [1.82, 2.24) is 0 Å². The topological polar surface area (TPSA) is 49.8 Å². The van der Waals surface area contributed by atoms with Crippen molar-refractivity contribution < 1.29 is 14.6 Å². The Bertz CT molecular complexity index is 651. The van der Waals surface area contributed by atoms with Gasteiger partial charge in [0.15, 0.2) is 0 Å². The molecule has 1 atom stereocenters. The number of hydrogen-bond acceptors (Lipinski definition) is 3. The maximum absolute atomic E-state index is 10.9. The molecule has 1 aliphatic rings. The van der Waals surface area contributed by atoms with E-state index >= 15 is 0 Å². The third kappa shape index (κ3) is 2.84. The Kier molecular flexibility index (Phi) is 3.52. The minimum Gasteiger partial charge on any atom is -0.487 e. The summed E-state index contributed by atoms with van der Waals surface area (Å²) in [6.07, 6.45) is 0.137. The van der Waals surface area contributed by atoms with E-state index in [9.17, 15) is 4.79 Å². The number of aromatic carboxylic acids is 1. The molecule has 1 heterocycles. The standard InChI is InChI=1S/C17H17NO3/c1-12-10-18(15-4-2-3-5-16(15)21-12)11-13-6-8-14(9-7-13)17(19)20/h2-9,12H,10-11H2,1H3,(H,19,20). The molecule has 0 aromatic heterocycles. The van der Waals surface area contributed by atoms with Gasteiger partial charge in [-0.25, -0.2) is 4.79 Å². The summed E-state index contributed by atoms with van der Waals surface area (Å²) < 4.78 is 5.83. The lowest BCUT2D eigenvalue weighted by Gasteiger charge is -2.35. The zero-order valence-corrected chi connectivity index (χ0v) is 11.8. The SMILES string of the molecule is CC1CN(Cc2ccc(C(=O)O)cc2)c2ccccc2O1. The Morgan fingerprint density at radius 1 is 1.24 bits per heavy atom. The number of hydrogen-bond donors (Lipinski definition) is 1. The molecule has 0 bridgehead atoms. The van der Waals surface area contributed by atoms with Gasteiger partial charge < -0.3 is 14.7 Å². The molecule has 1 aliphatic heterocycles. The van der Waals surface area contributed by atoms with E-state index in [1.807, 2.05) is 36.4 Å². The Balaban J connectivity index is 1.83. The minimum absolute atomic E-state index is 0.137. The van der Waals surface area contributed by atoms with Crippen LogP contribution in [0.25, 0.3) is 0 Å². The Morgan fingerprint density at radius 2 is 1.95 bits per heavy atom. The molecule has 2 aromatic rings. The predicted octanol–water partition coefficient (Wildman–Crippen LogP) is 3.17. The first-order chi connectivity index (χ1) is 10.1. The maximum Gasteiger partial charge on any atom is 0.335 e. The van der Waals surface area contributed by atoms with Gasteiger partial charge in [-0.15, -0.1) is 0 Å². The van der Waals surface area contributed by atoms with Crippen LogP contribution in [0.5, 0.6) is 5.75 Å². The molecule has 0 fully saturated rings. The zero-order chi connectivity index (χ0) is 14.8. The molecule has 21 heavy (non-hydrogen) atoms. The van der Waals surface area contributed by atoms with Crippen molar-refractivity contribution in [3.05, 3.63) is 59.7 Å². The first-order valence-electron chi connectivity index (χ1n) is 6.96. The summed E-state index contributed by atoms with van der Waals surface area (Å²) in [7, 11) is 0. The van der Waals surface area contributed by atoms with Crippen molar-refractivity contribution in [3.63, 3.8) is 0 Å². The highest BCUT2D eigenvalue weighted by Gasteiger charge is 2.22. The van der Waals surface area contributed by atoms with Crippen LogP contribution in [-0.2, 0) is 6.54 Å². The number of ether oxygens (including phenoxy) is 1. The Morgan fingerprint density at radius 3 is 2.67 bits per heavy atom. The van der Waals surface area contributed by atoms with Crippen molar-refractivity contribution >= 4 is 11.7 Å². The summed E-state index contributed by atoms with van der Waals surface area (Å²) in [5.74, 6) is 0.00490. The minimum atomic E-state index is -0.896. The van der Waals surface area contributed by atoms with Gasteiger partial charge in [0.25, 0.3) is 0 Å². The molecule has 0 amide bonds. The lowest BCUT2D eigenvalue weighted by molar-refractivity contribution is 0.0697. The van der Waals surface area contributed by atoms with E-state index in [2.05, 4.69) is 11.8 Å². The van der Waals surface area contributed by atoms with E-state index in [-0.39, 0.29) is 6.10 Å². The molecule has 0 spiro atoms. The van der Waals surface area contributed by atoms with E-state index in [4.69, 9.17) is 9.84 Å². The third-order valence-electron chi connectivity index (χ3n) is 3.59. The number of nitrogens with zero attached hydrogens (tertiary/aromatic N) is 1. The Hall–Kier alpha value is -2.49. The fraction of sp³-hybridized carbons (Fsp3) is 0.235. The lowest BCUT2D eigenvalue weighted by Crippen LogP contribution is -2.37. The monoisotopic (exact) mass is 283 g/mol. The highest BCUT2D eigenvalue weighted by Crippen LogP contribution is 2.33. The van der Waals surface area contributed by atoms with E-state index in [0.717, 1.165) is 30.1 Å². The van der Waals surface area contributed by atoms with Gasteiger partial charge in [-0.3, -0.25) is 0 Å². The van der Waals surface area contributed by atoms with Gasteiger partial charge in [-0.2, -0.15) is 0 Å². The molecular formula is C17H17NO3. The summed E-state index contributed by atoms with van der Waals surface area (Å²) in [6, 6.07) is 15.0. The van der Waals surface area contributed by atoms with Gasteiger partial charge in [0, 0.05) is 6.54 Å². The van der Waals surface area contributed by atoms with E-state index in [0.29, 0.717) is 5.56 Å². The van der Waals surface area contributed by atoms with Gasteiger partial charge >= 0.3 is 5.97 Å². The fourth-order valence-corrected chi connectivity index (χ4v) is 2.60. The van der Waals surface area contributed by atoms with Gasteiger partial charge in [0.1, 0.15) is 11.9 Å². The molecule has 4 heteroatoms. The summed E-state index contributed by atoms with van der Waals surface area (Å²) in [4.78, 5) is 13.1. The molecule has 4 nitrogen and oxygen atoms in total. The molecule has 0 aliphatic carbocycles. The molecule has 1 N–H and O–H groups in total. The average molecular weight is 283 g/mol. The second kappa shape index (κ2) is 5.48. The number of anilines is 1. The van der Waals surface area contributed by atoms with Crippen molar-refractivity contribution in [2.45, 2.75) is 19.6 Å². The van der Waals surface area contributed by atoms with Crippen LogP contribution >= 0.6 is 0 Å². The van der Waals surface area contributed by atoms with Crippen LogP contribution in [0.15, 0.2) is 48.5 Å². The van der Waals surface area contributed by atoms with Gasteiger partial charge in [-0.1, -0.05) is 24.3 Å². The van der Waals surface area contributed by atoms with E-state index in [1.54, 1.807) is 12.1 Å². The smallest absolute Gasteiger partial charge is 0.335 e. The lowest BCUT2D eigenvalue weighted by atomic mass is 10.1. The van der Waals surface area contributed by atoms with Crippen LogP contribution < -0.4 is 9.64 Å². The van der Waals surface area contributed by atoms with Gasteiger partial charge in [0.2, 0.25) is 0 Å². The summed E-state index contributed by atoms with van der Waals surface area (Å²) >= 11 is 0. The van der Waals surface area contributed by atoms with Crippen LogP contribution in [-0.4, -0.2) is 23.7 Å². The van der Waals surface area contributed by atoms with Crippen LogP contribution in [0.3, 0.4) is 0 Å². The van der Waals surface area contributed by atoms with Crippen LogP contribution in [0.4, 0.5) is 5.69 Å². The normalized spacial score (nSPS) is 17.0. The van der Waals surface area contributed by atoms with E-state index in [1.165, 1.54) is 0 Å². The number of carboxylic acids is 1. The number of rotatable bonds is 3. The van der Waals surface area contributed by atoms with Gasteiger partial charge in [-0.05, 0) is 36.8 Å². The number of carbonyl (C=O) groups is 1. The molecule has 0 saturated heterocycles. The summed E-state index contributed by atoms with van der Waals surface area (Å²) in [5, 5.41) is 8.94. The maximum atomic E-state index is 10.9. The number of carboxylic acid groups (broad SMARTS) is 1. The second-order valence-electron chi connectivity index (χ2n) is 5.28. The second-order valence-corrected chi connectivity index (χ2v) is 5.28. The molecule has 1 unspecified atom stereocenters. The number of para-hydroxylation sites is 2.